The highest BCUT2D eigenvalue weighted by molar-refractivity contribution is 5.93. The van der Waals surface area contributed by atoms with E-state index in [1.807, 2.05) is 0 Å². The van der Waals surface area contributed by atoms with E-state index in [4.69, 9.17) is 22.3 Å². The van der Waals surface area contributed by atoms with E-state index < -0.39 is 54.5 Å². The molecule has 1 saturated heterocycles. The number of nitrogens with one attached hydrogen (secondary N) is 2. The fraction of sp³-hybridized carbons (Fsp3) is 0.706. The number of nitrogens with two attached hydrogens (primary N) is 3. The molecule has 0 aliphatic carbocycles. The second kappa shape index (κ2) is 11.9. The van der Waals surface area contributed by atoms with Crippen molar-refractivity contribution in [3.8, 4) is 0 Å². The number of carboxylic acids is 1. The zero-order valence-corrected chi connectivity index (χ0v) is 16.9. The van der Waals surface area contributed by atoms with Crippen molar-refractivity contribution in [3.05, 3.63) is 0 Å². The van der Waals surface area contributed by atoms with E-state index in [2.05, 4.69) is 15.6 Å². The number of rotatable bonds is 11. The predicted molar refractivity (Wildman–Crippen MR) is 107 cm³/mol. The summed E-state index contributed by atoms with van der Waals surface area (Å²) >= 11 is 0. The van der Waals surface area contributed by atoms with Gasteiger partial charge in [0.1, 0.15) is 12.1 Å². The van der Waals surface area contributed by atoms with Crippen LogP contribution in [0, 0.1) is 0 Å². The number of guanidine groups is 1. The van der Waals surface area contributed by atoms with Crippen LogP contribution < -0.4 is 27.8 Å². The third-order valence-corrected chi connectivity index (χ3v) is 4.64. The average Bonchev–Trinajstić information content (AvgIpc) is 3.16. The lowest BCUT2D eigenvalue weighted by Crippen LogP contribution is -2.57. The first-order valence-electron chi connectivity index (χ1n) is 9.64. The molecule has 0 aromatic rings. The normalized spacial score (nSPS) is 18.8. The molecule has 10 N–H and O–H groups in total. The first-order chi connectivity index (χ1) is 14.0. The second-order valence-electron chi connectivity index (χ2n) is 7.08. The fourth-order valence-electron chi connectivity index (χ4n) is 3.01. The van der Waals surface area contributed by atoms with Crippen molar-refractivity contribution in [1.29, 1.82) is 0 Å². The number of nitrogens with zero attached hydrogens (tertiary/aromatic N) is 2. The van der Waals surface area contributed by atoms with Gasteiger partial charge >= 0.3 is 5.97 Å². The molecule has 0 aromatic carbocycles. The van der Waals surface area contributed by atoms with Gasteiger partial charge in [0.15, 0.2) is 5.96 Å². The van der Waals surface area contributed by atoms with Crippen molar-refractivity contribution in [2.24, 2.45) is 22.2 Å². The minimum atomic E-state index is -1.33. The SMILES string of the molecule is CC(O)C(NC(=O)C(N)CCCN=C(N)N)C(=O)NCC(=O)N1CCCC1C(=O)O. The highest BCUT2D eigenvalue weighted by Gasteiger charge is 2.34. The molecule has 0 saturated carbocycles. The van der Waals surface area contributed by atoms with E-state index in [9.17, 15) is 24.3 Å². The number of carbonyl (C=O) groups excluding carboxylic acids is 3. The molecule has 1 rings (SSSR count). The highest BCUT2D eigenvalue weighted by Crippen LogP contribution is 2.17. The van der Waals surface area contributed by atoms with E-state index in [1.165, 1.54) is 11.8 Å². The molecule has 1 aliphatic heterocycles. The molecule has 4 unspecified atom stereocenters. The van der Waals surface area contributed by atoms with Gasteiger partial charge < -0.3 is 42.9 Å². The number of likely N-dealkylation sites (tertiary alicyclic amines) is 1. The van der Waals surface area contributed by atoms with Crippen LogP contribution in [0.4, 0.5) is 0 Å². The first kappa shape index (κ1) is 25.1. The Morgan fingerprint density at radius 2 is 1.90 bits per heavy atom. The Kier molecular flexibility index (Phi) is 9.98. The Bertz CT molecular complexity index is 665. The van der Waals surface area contributed by atoms with Crippen LogP contribution in [-0.4, -0.2) is 88.6 Å². The number of aliphatic hydroxyl groups excluding tert-OH is 1. The van der Waals surface area contributed by atoms with E-state index in [-0.39, 0.29) is 18.9 Å². The monoisotopic (exact) mass is 429 g/mol. The molecule has 1 fully saturated rings. The largest absolute Gasteiger partial charge is 0.480 e. The van der Waals surface area contributed by atoms with Crippen LogP contribution in [-0.2, 0) is 19.2 Å². The summed E-state index contributed by atoms with van der Waals surface area (Å²) in [5.41, 5.74) is 16.2. The molecule has 13 heteroatoms. The van der Waals surface area contributed by atoms with Crippen molar-refractivity contribution in [2.45, 2.75) is 56.8 Å². The third-order valence-electron chi connectivity index (χ3n) is 4.64. The Labute approximate surface area is 174 Å². The van der Waals surface area contributed by atoms with Gasteiger partial charge in [-0.25, -0.2) is 4.79 Å². The number of hydrogen-bond acceptors (Lipinski definition) is 7. The summed E-state index contributed by atoms with van der Waals surface area (Å²) in [6.07, 6.45) is 0.344. The highest BCUT2D eigenvalue weighted by atomic mass is 16.4. The molecule has 1 heterocycles. The summed E-state index contributed by atoms with van der Waals surface area (Å²) in [6, 6.07) is -3.20. The standard InChI is InChI=1S/C17H31N7O6/c1-9(25)13(23-14(27)10(18)4-2-6-21-17(19)20)15(28)22-8-12(26)24-7-3-5-11(24)16(29)30/h9-11,13,25H,2-8,18H2,1H3,(H,22,28)(H,23,27)(H,29,30)(H4,19,20,21). The molecule has 1 aliphatic rings. The van der Waals surface area contributed by atoms with Crippen LogP contribution in [0.1, 0.15) is 32.6 Å². The Morgan fingerprint density at radius 1 is 1.23 bits per heavy atom. The molecule has 0 bridgehead atoms. The van der Waals surface area contributed by atoms with E-state index in [0.717, 1.165) is 0 Å². The molecule has 170 valence electrons. The third kappa shape index (κ3) is 7.83. The number of aliphatic hydroxyl groups is 1. The Balaban J connectivity index is 2.55. The number of aliphatic imine (C=N–C) groups is 1. The van der Waals surface area contributed by atoms with Gasteiger partial charge in [-0.3, -0.25) is 19.4 Å². The number of amides is 3. The van der Waals surface area contributed by atoms with Crippen molar-refractivity contribution < 1.29 is 29.4 Å². The number of carbonyl (C=O) groups is 4. The van der Waals surface area contributed by atoms with Crippen molar-refractivity contribution in [2.75, 3.05) is 19.6 Å². The van der Waals surface area contributed by atoms with Crippen LogP contribution in [0.25, 0.3) is 0 Å². The summed E-state index contributed by atoms with van der Waals surface area (Å²) in [5.74, 6) is -3.17. The fourth-order valence-corrected chi connectivity index (χ4v) is 3.01. The maximum absolute atomic E-state index is 12.4. The molecular formula is C17H31N7O6. The van der Waals surface area contributed by atoms with Crippen molar-refractivity contribution in [3.63, 3.8) is 0 Å². The zero-order valence-electron chi connectivity index (χ0n) is 16.9. The van der Waals surface area contributed by atoms with Crippen LogP contribution in [0.2, 0.25) is 0 Å². The minimum Gasteiger partial charge on any atom is -0.480 e. The summed E-state index contributed by atoms with van der Waals surface area (Å²) < 4.78 is 0. The molecule has 13 nitrogen and oxygen atoms in total. The van der Waals surface area contributed by atoms with Crippen LogP contribution in [0.15, 0.2) is 4.99 Å². The summed E-state index contributed by atoms with van der Waals surface area (Å²) in [7, 11) is 0. The molecular weight excluding hydrogens is 398 g/mol. The van der Waals surface area contributed by atoms with Crippen LogP contribution in [0.5, 0.6) is 0 Å². The Morgan fingerprint density at radius 3 is 2.47 bits per heavy atom. The van der Waals surface area contributed by atoms with Crippen LogP contribution >= 0.6 is 0 Å². The van der Waals surface area contributed by atoms with Gasteiger partial charge in [0.2, 0.25) is 17.7 Å². The van der Waals surface area contributed by atoms with Crippen molar-refractivity contribution in [1.82, 2.24) is 15.5 Å². The molecule has 0 aromatic heterocycles. The molecule has 30 heavy (non-hydrogen) atoms. The summed E-state index contributed by atoms with van der Waals surface area (Å²) in [5, 5.41) is 23.7. The van der Waals surface area contributed by atoms with Gasteiger partial charge in [-0.1, -0.05) is 0 Å². The summed E-state index contributed by atoms with van der Waals surface area (Å²) in [6.45, 7) is 1.43. The number of carboxylic acid groups (broad SMARTS) is 1. The molecule has 3 amide bonds. The van der Waals surface area contributed by atoms with Gasteiger partial charge in [0.05, 0.1) is 18.7 Å². The quantitative estimate of drug-likeness (QED) is 0.0977. The van der Waals surface area contributed by atoms with Gasteiger partial charge in [-0.15, -0.1) is 0 Å². The van der Waals surface area contributed by atoms with Gasteiger partial charge in [0, 0.05) is 13.1 Å². The molecule has 0 spiro atoms. The lowest BCUT2D eigenvalue weighted by atomic mass is 10.1. The topological polar surface area (TPSA) is 226 Å². The number of aliphatic carboxylic acids is 1. The molecule has 0 radical (unpaired) electrons. The second-order valence-corrected chi connectivity index (χ2v) is 7.08. The van der Waals surface area contributed by atoms with Gasteiger partial charge in [0.25, 0.3) is 0 Å². The van der Waals surface area contributed by atoms with Gasteiger partial charge in [-0.2, -0.15) is 0 Å². The minimum absolute atomic E-state index is 0.0722. The Hall–Kier alpha value is -2.93. The lowest BCUT2D eigenvalue weighted by Gasteiger charge is -2.24. The maximum atomic E-state index is 12.4. The smallest absolute Gasteiger partial charge is 0.326 e. The number of hydrogen-bond donors (Lipinski definition) is 7. The maximum Gasteiger partial charge on any atom is 0.326 e. The van der Waals surface area contributed by atoms with Gasteiger partial charge in [-0.05, 0) is 32.6 Å². The van der Waals surface area contributed by atoms with E-state index in [1.54, 1.807) is 0 Å². The van der Waals surface area contributed by atoms with Crippen molar-refractivity contribution >= 4 is 29.7 Å². The van der Waals surface area contributed by atoms with E-state index >= 15 is 0 Å². The summed E-state index contributed by atoms with van der Waals surface area (Å²) in [4.78, 5) is 52.9. The predicted octanol–water partition coefficient (Wildman–Crippen LogP) is -3.58. The van der Waals surface area contributed by atoms with Crippen LogP contribution in [0.3, 0.4) is 0 Å². The molecule has 4 atom stereocenters. The average molecular weight is 429 g/mol. The first-order valence-corrected chi connectivity index (χ1v) is 9.64. The lowest BCUT2D eigenvalue weighted by molar-refractivity contribution is -0.148. The van der Waals surface area contributed by atoms with E-state index in [0.29, 0.717) is 25.8 Å². The zero-order chi connectivity index (χ0) is 22.8.